The minimum atomic E-state index is -0.850. The van der Waals surface area contributed by atoms with Crippen molar-refractivity contribution in [3.05, 3.63) is 74.3 Å². The Morgan fingerprint density at radius 2 is 1.90 bits per heavy atom. The van der Waals surface area contributed by atoms with Crippen LogP contribution in [-0.2, 0) is 0 Å². The number of carbonyl (C=O) groups is 3. The van der Waals surface area contributed by atoms with Crippen LogP contribution in [0.2, 0.25) is 0 Å². The van der Waals surface area contributed by atoms with Crippen molar-refractivity contribution >= 4 is 23.3 Å². The lowest BCUT2D eigenvalue weighted by Gasteiger charge is -2.12. The quantitative estimate of drug-likeness (QED) is 0.275. The molecule has 0 N–H and O–H groups in total. The van der Waals surface area contributed by atoms with Crippen molar-refractivity contribution in [2.45, 2.75) is 20.8 Å². The first-order valence-electron chi connectivity index (χ1n) is 9.00. The highest BCUT2D eigenvalue weighted by Gasteiger charge is 2.42. The summed E-state index contributed by atoms with van der Waals surface area (Å²) in [5.74, 6) is -0.924. The largest absolute Gasteiger partial charge is 0.360 e. The molecule has 0 radical (unpaired) electrons. The number of carbonyl (C=O) groups excluding carboxylic acids is 3. The van der Waals surface area contributed by atoms with Crippen LogP contribution in [0.3, 0.4) is 0 Å². The molecule has 0 saturated heterocycles. The van der Waals surface area contributed by atoms with Crippen LogP contribution in [0.5, 0.6) is 0 Å². The number of nitrogens with zero attached hydrogens (tertiary/aromatic N) is 4. The Bertz CT molecular complexity index is 1250. The molecule has 0 saturated carbocycles. The number of ketones is 1. The SMILES string of the molecule is Cc1cc(-n2c(C)cc(C(=O)CN3C(=O)c4cccc([N+](=O)[O-])c4C3=O)c2C)no1. The average molecular weight is 408 g/mol. The van der Waals surface area contributed by atoms with Crippen molar-refractivity contribution in [3.63, 3.8) is 0 Å². The van der Waals surface area contributed by atoms with Crippen LogP contribution in [0.25, 0.3) is 5.82 Å². The minimum Gasteiger partial charge on any atom is -0.360 e. The van der Waals surface area contributed by atoms with Gasteiger partial charge in [-0.3, -0.25) is 34.0 Å². The summed E-state index contributed by atoms with van der Waals surface area (Å²) in [6.07, 6.45) is 0. The van der Waals surface area contributed by atoms with Gasteiger partial charge in [0.15, 0.2) is 11.6 Å². The van der Waals surface area contributed by atoms with E-state index in [1.54, 1.807) is 37.5 Å². The number of aromatic nitrogens is 2. The fourth-order valence-corrected chi connectivity index (χ4v) is 3.70. The zero-order chi connectivity index (χ0) is 21.7. The topological polar surface area (TPSA) is 129 Å². The van der Waals surface area contributed by atoms with Gasteiger partial charge < -0.3 is 4.52 Å². The third-order valence-corrected chi connectivity index (χ3v) is 5.05. The van der Waals surface area contributed by atoms with Gasteiger partial charge in [0.1, 0.15) is 11.3 Å². The molecule has 152 valence electrons. The van der Waals surface area contributed by atoms with Crippen LogP contribution >= 0.6 is 0 Å². The normalized spacial score (nSPS) is 13.1. The lowest BCUT2D eigenvalue weighted by molar-refractivity contribution is -0.385. The number of amides is 2. The van der Waals surface area contributed by atoms with Crippen molar-refractivity contribution in [2.24, 2.45) is 0 Å². The molecular formula is C20H16N4O6. The number of imide groups is 1. The lowest BCUT2D eigenvalue weighted by Crippen LogP contribution is -2.35. The Kier molecular flexibility index (Phi) is 4.34. The van der Waals surface area contributed by atoms with Gasteiger partial charge >= 0.3 is 0 Å². The van der Waals surface area contributed by atoms with E-state index in [-0.39, 0.29) is 11.1 Å². The van der Waals surface area contributed by atoms with E-state index in [1.165, 1.54) is 12.1 Å². The summed E-state index contributed by atoms with van der Waals surface area (Å²) >= 11 is 0. The molecule has 10 heteroatoms. The molecule has 30 heavy (non-hydrogen) atoms. The number of nitro groups is 1. The Hall–Kier alpha value is -4.08. The van der Waals surface area contributed by atoms with Crippen molar-refractivity contribution in [3.8, 4) is 5.82 Å². The average Bonchev–Trinajstić information content (AvgIpc) is 3.32. The van der Waals surface area contributed by atoms with Crippen molar-refractivity contribution < 1.29 is 23.8 Å². The maximum atomic E-state index is 12.9. The molecule has 0 spiro atoms. The lowest BCUT2D eigenvalue weighted by atomic mass is 10.1. The summed E-state index contributed by atoms with van der Waals surface area (Å²) in [5, 5.41) is 15.2. The molecule has 1 aromatic carbocycles. The fraction of sp³-hybridized carbons (Fsp3) is 0.200. The molecule has 3 heterocycles. The number of hydrogen-bond donors (Lipinski definition) is 0. The van der Waals surface area contributed by atoms with E-state index in [0.717, 1.165) is 16.7 Å². The van der Waals surface area contributed by atoms with Gasteiger partial charge in [-0.05, 0) is 32.9 Å². The van der Waals surface area contributed by atoms with Gasteiger partial charge in [-0.2, -0.15) is 0 Å². The van der Waals surface area contributed by atoms with Crippen molar-refractivity contribution in [1.82, 2.24) is 14.6 Å². The van der Waals surface area contributed by atoms with E-state index in [1.807, 2.05) is 0 Å². The van der Waals surface area contributed by atoms with Crippen LogP contribution in [-0.4, -0.2) is 43.7 Å². The second kappa shape index (κ2) is 6.76. The summed E-state index contributed by atoms with van der Waals surface area (Å²) < 4.78 is 6.83. The number of hydrogen-bond acceptors (Lipinski definition) is 7. The zero-order valence-electron chi connectivity index (χ0n) is 16.3. The highest BCUT2D eigenvalue weighted by Crippen LogP contribution is 2.31. The standard InChI is InChI=1S/C20H16N4O6/c1-10-7-14(12(3)23(10)17-8-11(2)30-21-17)16(25)9-22-19(26)13-5-4-6-15(24(28)29)18(13)20(22)27/h4-8H,9H2,1-3H3. The van der Waals surface area contributed by atoms with Gasteiger partial charge in [-0.15, -0.1) is 0 Å². The van der Waals surface area contributed by atoms with Crippen LogP contribution < -0.4 is 0 Å². The van der Waals surface area contributed by atoms with Gasteiger partial charge in [0.2, 0.25) is 0 Å². The van der Waals surface area contributed by atoms with Gasteiger partial charge in [-0.1, -0.05) is 11.2 Å². The smallest absolute Gasteiger partial charge is 0.282 e. The molecule has 1 aliphatic rings. The van der Waals surface area contributed by atoms with E-state index in [0.29, 0.717) is 22.8 Å². The molecule has 2 aromatic heterocycles. The first-order chi connectivity index (χ1) is 14.2. The van der Waals surface area contributed by atoms with Gasteiger partial charge in [0, 0.05) is 29.1 Å². The molecule has 4 rings (SSSR count). The maximum absolute atomic E-state index is 12.9. The maximum Gasteiger partial charge on any atom is 0.282 e. The van der Waals surface area contributed by atoms with Crippen LogP contribution in [0.1, 0.15) is 48.2 Å². The fourth-order valence-electron chi connectivity index (χ4n) is 3.70. The molecule has 0 bridgehead atoms. The zero-order valence-corrected chi connectivity index (χ0v) is 16.3. The molecule has 0 atom stereocenters. The van der Waals surface area contributed by atoms with E-state index in [4.69, 9.17) is 4.52 Å². The Morgan fingerprint density at radius 1 is 1.17 bits per heavy atom. The number of Topliss-reactive ketones (excluding diaryl/α,β-unsaturated/α-hetero) is 1. The van der Waals surface area contributed by atoms with Crippen molar-refractivity contribution in [2.75, 3.05) is 6.54 Å². The number of nitro benzene ring substituents is 1. The van der Waals surface area contributed by atoms with Gasteiger partial charge in [0.05, 0.1) is 17.0 Å². The van der Waals surface area contributed by atoms with Gasteiger partial charge in [-0.25, -0.2) is 0 Å². The van der Waals surface area contributed by atoms with E-state index in [9.17, 15) is 24.5 Å². The molecule has 2 amide bonds. The molecule has 1 aliphatic heterocycles. The highest BCUT2D eigenvalue weighted by molar-refractivity contribution is 6.24. The van der Waals surface area contributed by atoms with Crippen molar-refractivity contribution in [1.29, 1.82) is 0 Å². The Morgan fingerprint density at radius 3 is 2.53 bits per heavy atom. The number of aryl methyl sites for hydroxylation is 2. The molecular weight excluding hydrogens is 392 g/mol. The first-order valence-corrected chi connectivity index (χ1v) is 9.00. The third-order valence-electron chi connectivity index (χ3n) is 5.05. The molecule has 0 unspecified atom stereocenters. The predicted octanol–water partition coefficient (Wildman–Crippen LogP) is 2.78. The Balaban J connectivity index is 1.66. The summed E-state index contributed by atoms with van der Waals surface area (Å²) in [7, 11) is 0. The molecule has 10 nitrogen and oxygen atoms in total. The predicted molar refractivity (Wildman–Crippen MR) is 103 cm³/mol. The number of rotatable bonds is 5. The first kappa shape index (κ1) is 19.2. The molecule has 3 aromatic rings. The number of fused-ring (bicyclic) bond motifs is 1. The summed E-state index contributed by atoms with van der Waals surface area (Å²) in [6, 6.07) is 7.19. The number of benzene rings is 1. The molecule has 0 aliphatic carbocycles. The highest BCUT2D eigenvalue weighted by atomic mass is 16.6. The van der Waals surface area contributed by atoms with Crippen LogP contribution in [0, 0.1) is 30.9 Å². The van der Waals surface area contributed by atoms with E-state index in [2.05, 4.69) is 5.16 Å². The monoisotopic (exact) mass is 408 g/mol. The third kappa shape index (κ3) is 2.81. The minimum absolute atomic E-state index is 0.0782. The second-order valence-corrected chi connectivity index (χ2v) is 6.99. The second-order valence-electron chi connectivity index (χ2n) is 6.99. The summed E-state index contributed by atoms with van der Waals surface area (Å²) in [6.45, 7) is 4.74. The van der Waals surface area contributed by atoms with E-state index < -0.39 is 34.8 Å². The summed E-state index contributed by atoms with van der Waals surface area (Å²) in [4.78, 5) is 49.5. The van der Waals surface area contributed by atoms with Crippen LogP contribution in [0.4, 0.5) is 5.69 Å². The summed E-state index contributed by atoms with van der Waals surface area (Å²) in [5.41, 5.74) is 0.796. The van der Waals surface area contributed by atoms with Crippen LogP contribution in [0.15, 0.2) is 34.9 Å². The van der Waals surface area contributed by atoms with E-state index >= 15 is 0 Å². The Labute approximate surface area is 169 Å². The molecule has 0 fully saturated rings. The van der Waals surface area contributed by atoms with Gasteiger partial charge in [0.25, 0.3) is 17.5 Å².